The Morgan fingerprint density at radius 2 is 1.78 bits per heavy atom. The van der Waals surface area contributed by atoms with Crippen LogP contribution < -0.4 is 10.6 Å². The Kier molecular flexibility index (Phi) is 6.27. The van der Waals surface area contributed by atoms with Crippen molar-refractivity contribution in [2.24, 2.45) is 0 Å². The molecule has 0 aliphatic carbocycles. The average molecular weight is 382 g/mol. The van der Waals surface area contributed by atoms with Crippen LogP contribution in [-0.2, 0) is 0 Å². The highest BCUT2D eigenvalue weighted by Crippen LogP contribution is 2.27. The molecule has 0 radical (unpaired) electrons. The lowest BCUT2D eigenvalue weighted by Gasteiger charge is -2.14. The van der Waals surface area contributed by atoms with E-state index in [2.05, 4.69) is 20.5 Å². The van der Waals surface area contributed by atoms with Crippen molar-refractivity contribution in [3.63, 3.8) is 0 Å². The van der Waals surface area contributed by atoms with E-state index >= 15 is 0 Å². The third kappa shape index (κ3) is 5.18. The first-order valence-corrected chi connectivity index (χ1v) is 9.26. The number of nitrogens with zero attached hydrogens (tertiary/aromatic N) is 3. The van der Waals surface area contributed by atoms with Crippen LogP contribution in [-0.4, -0.2) is 42.1 Å². The molecule has 140 valence electrons. The fourth-order valence-electron chi connectivity index (χ4n) is 2.62. The van der Waals surface area contributed by atoms with Crippen molar-refractivity contribution in [1.82, 2.24) is 14.9 Å². The number of rotatable bonds is 7. The first-order valence-electron chi connectivity index (χ1n) is 8.88. The molecular weight excluding hydrogens is 358 g/mol. The minimum atomic E-state index is 0.536. The molecule has 0 amide bonds. The molecule has 27 heavy (non-hydrogen) atoms. The van der Waals surface area contributed by atoms with Gasteiger partial charge in [-0.15, -0.1) is 0 Å². The van der Waals surface area contributed by atoms with E-state index in [4.69, 9.17) is 16.6 Å². The monoisotopic (exact) mass is 381 g/mol. The smallest absolute Gasteiger partial charge is 0.229 e. The number of likely N-dealkylation sites (N-methyl/N-ethyl adjacent to an activating group) is 1. The normalized spacial score (nSPS) is 10.9. The standard InChI is InChI=1S/C21H24ClN5/c1-15-17(22)10-7-11-18(15)24-21-25-19(16-8-5-4-6-9-16)14-20(26-21)23-12-13-27(2)3/h4-11,14H,12-13H2,1-3H3,(H2,23,24,25,26). The molecular formula is C21H24ClN5. The maximum Gasteiger partial charge on any atom is 0.229 e. The van der Waals surface area contributed by atoms with Gasteiger partial charge in [-0.2, -0.15) is 4.98 Å². The Balaban J connectivity index is 1.92. The van der Waals surface area contributed by atoms with Crippen LogP contribution in [0.15, 0.2) is 54.6 Å². The average Bonchev–Trinajstić information content (AvgIpc) is 2.66. The first-order chi connectivity index (χ1) is 13.0. The van der Waals surface area contributed by atoms with Gasteiger partial charge in [0.25, 0.3) is 0 Å². The van der Waals surface area contributed by atoms with Crippen LogP contribution in [0.1, 0.15) is 5.56 Å². The van der Waals surface area contributed by atoms with Crippen LogP contribution in [0, 0.1) is 6.92 Å². The van der Waals surface area contributed by atoms with E-state index in [0.29, 0.717) is 11.0 Å². The lowest BCUT2D eigenvalue weighted by molar-refractivity contribution is 0.425. The Bertz CT molecular complexity index is 896. The SMILES string of the molecule is Cc1c(Cl)cccc1Nc1nc(NCCN(C)C)cc(-c2ccccc2)n1. The summed E-state index contributed by atoms with van der Waals surface area (Å²) in [6.07, 6.45) is 0. The van der Waals surface area contributed by atoms with Gasteiger partial charge in [-0.3, -0.25) is 0 Å². The summed E-state index contributed by atoms with van der Waals surface area (Å²) >= 11 is 6.24. The van der Waals surface area contributed by atoms with Crippen molar-refractivity contribution in [2.75, 3.05) is 37.8 Å². The predicted octanol–water partition coefficient (Wildman–Crippen LogP) is 4.82. The van der Waals surface area contributed by atoms with Crippen molar-refractivity contribution >= 4 is 29.1 Å². The molecule has 0 bridgehead atoms. The fourth-order valence-corrected chi connectivity index (χ4v) is 2.80. The van der Waals surface area contributed by atoms with Gasteiger partial charge in [0.15, 0.2) is 0 Å². The Hall–Kier alpha value is -2.63. The number of benzene rings is 2. The van der Waals surface area contributed by atoms with E-state index in [-0.39, 0.29) is 0 Å². The quantitative estimate of drug-likeness (QED) is 0.614. The third-order valence-corrected chi connectivity index (χ3v) is 4.58. The molecule has 0 aliphatic rings. The highest BCUT2D eigenvalue weighted by Gasteiger charge is 2.09. The second-order valence-electron chi connectivity index (χ2n) is 6.60. The summed E-state index contributed by atoms with van der Waals surface area (Å²) in [5, 5.41) is 7.40. The lowest BCUT2D eigenvalue weighted by Crippen LogP contribution is -2.21. The van der Waals surface area contributed by atoms with Gasteiger partial charge in [0.2, 0.25) is 5.95 Å². The van der Waals surface area contributed by atoms with E-state index in [1.807, 2.05) is 75.6 Å². The van der Waals surface area contributed by atoms with E-state index in [1.165, 1.54) is 0 Å². The summed E-state index contributed by atoms with van der Waals surface area (Å²) in [5.41, 5.74) is 3.77. The van der Waals surface area contributed by atoms with Gasteiger partial charge < -0.3 is 15.5 Å². The van der Waals surface area contributed by atoms with Crippen molar-refractivity contribution in [2.45, 2.75) is 6.92 Å². The maximum absolute atomic E-state index is 6.24. The van der Waals surface area contributed by atoms with Gasteiger partial charge in [0.1, 0.15) is 5.82 Å². The largest absolute Gasteiger partial charge is 0.369 e. The first kappa shape index (κ1) is 19.1. The fraction of sp³-hybridized carbons (Fsp3) is 0.238. The topological polar surface area (TPSA) is 53.1 Å². The molecule has 0 atom stereocenters. The van der Waals surface area contributed by atoms with Gasteiger partial charge in [-0.25, -0.2) is 4.98 Å². The van der Waals surface area contributed by atoms with E-state index in [1.54, 1.807) is 0 Å². The summed E-state index contributed by atoms with van der Waals surface area (Å²) in [7, 11) is 4.10. The number of aromatic nitrogens is 2. The molecule has 0 aliphatic heterocycles. The zero-order valence-electron chi connectivity index (χ0n) is 15.8. The Morgan fingerprint density at radius 1 is 1.00 bits per heavy atom. The molecule has 3 rings (SSSR count). The second-order valence-corrected chi connectivity index (χ2v) is 7.00. The molecule has 0 unspecified atom stereocenters. The van der Waals surface area contributed by atoms with E-state index in [0.717, 1.165) is 41.4 Å². The second kappa shape index (κ2) is 8.84. The zero-order chi connectivity index (χ0) is 19.2. The highest BCUT2D eigenvalue weighted by atomic mass is 35.5. The lowest BCUT2D eigenvalue weighted by atomic mass is 10.1. The van der Waals surface area contributed by atoms with Crippen LogP contribution >= 0.6 is 11.6 Å². The highest BCUT2D eigenvalue weighted by molar-refractivity contribution is 6.31. The molecule has 0 saturated carbocycles. The molecule has 1 heterocycles. The molecule has 1 aromatic heterocycles. The number of halogens is 1. The maximum atomic E-state index is 6.24. The molecule has 2 aromatic carbocycles. The van der Waals surface area contributed by atoms with Crippen LogP contribution in [0.3, 0.4) is 0 Å². The molecule has 2 N–H and O–H groups in total. The third-order valence-electron chi connectivity index (χ3n) is 4.18. The molecule has 3 aromatic rings. The molecule has 6 heteroatoms. The predicted molar refractivity (Wildman–Crippen MR) is 114 cm³/mol. The number of hydrogen-bond acceptors (Lipinski definition) is 5. The number of hydrogen-bond donors (Lipinski definition) is 2. The van der Waals surface area contributed by atoms with Crippen molar-refractivity contribution in [3.05, 3.63) is 65.2 Å². The summed E-state index contributed by atoms with van der Waals surface area (Å²) in [6.45, 7) is 3.69. The van der Waals surface area contributed by atoms with Crippen molar-refractivity contribution < 1.29 is 0 Å². The minimum absolute atomic E-state index is 0.536. The molecule has 5 nitrogen and oxygen atoms in total. The number of nitrogens with one attached hydrogen (secondary N) is 2. The van der Waals surface area contributed by atoms with Gasteiger partial charge in [0, 0.05) is 35.4 Å². The Morgan fingerprint density at radius 3 is 2.52 bits per heavy atom. The Labute approximate surface area is 165 Å². The van der Waals surface area contributed by atoms with Gasteiger partial charge in [0.05, 0.1) is 5.69 Å². The minimum Gasteiger partial charge on any atom is -0.369 e. The van der Waals surface area contributed by atoms with Gasteiger partial charge in [-0.1, -0.05) is 48.0 Å². The van der Waals surface area contributed by atoms with Crippen molar-refractivity contribution in [3.8, 4) is 11.3 Å². The number of anilines is 3. The molecule has 0 saturated heterocycles. The summed E-state index contributed by atoms with van der Waals surface area (Å²) in [4.78, 5) is 11.4. The van der Waals surface area contributed by atoms with Gasteiger partial charge in [-0.05, 0) is 38.7 Å². The summed E-state index contributed by atoms with van der Waals surface area (Å²) in [5.74, 6) is 1.32. The van der Waals surface area contributed by atoms with Gasteiger partial charge >= 0.3 is 0 Å². The van der Waals surface area contributed by atoms with Crippen LogP contribution in [0.25, 0.3) is 11.3 Å². The molecule has 0 fully saturated rings. The van der Waals surface area contributed by atoms with Crippen LogP contribution in [0.2, 0.25) is 5.02 Å². The van der Waals surface area contributed by atoms with Crippen LogP contribution in [0.4, 0.5) is 17.5 Å². The van der Waals surface area contributed by atoms with E-state index < -0.39 is 0 Å². The molecule has 0 spiro atoms. The van der Waals surface area contributed by atoms with Crippen LogP contribution in [0.5, 0.6) is 0 Å². The summed E-state index contributed by atoms with van der Waals surface area (Å²) < 4.78 is 0. The van der Waals surface area contributed by atoms with E-state index in [9.17, 15) is 0 Å². The van der Waals surface area contributed by atoms with Crippen molar-refractivity contribution in [1.29, 1.82) is 0 Å². The zero-order valence-corrected chi connectivity index (χ0v) is 16.6. The summed E-state index contributed by atoms with van der Waals surface area (Å²) in [6, 6.07) is 17.8.